The Labute approximate surface area is 114 Å². The van der Waals surface area contributed by atoms with Gasteiger partial charge in [-0.05, 0) is 13.3 Å². The highest BCUT2D eigenvalue weighted by molar-refractivity contribution is 6.31. The van der Waals surface area contributed by atoms with Crippen molar-refractivity contribution in [1.29, 1.82) is 0 Å². The van der Waals surface area contributed by atoms with Gasteiger partial charge < -0.3 is 5.11 Å². The van der Waals surface area contributed by atoms with Gasteiger partial charge in [0.05, 0.1) is 28.6 Å². The van der Waals surface area contributed by atoms with Gasteiger partial charge in [-0.2, -0.15) is 5.10 Å². The number of aryl methyl sites for hydroxylation is 2. The van der Waals surface area contributed by atoms with Crippen LogP contribution in [0.15, 0.2) is 0 Å². The first-order valence-corrected chi connectivity index (χ1v) is 6.17. The summed E-state index contributed by atoms with van der Waals surface area (Å²) in [5.41, 5.74) is 2.04. The molecule has 0 unspecified atom stereocenters. The molecule has 0 fully saturated rings. The first-order valence-electron chi connectivity index (χ1n) is 5.79. The third-order valence-electron chi connectivity index (χ3n) is 2.99. The maximum Gasteiger partial charge on any atom is 0.358 e. The monoisotopic (exact) mass is 283 g/mol. The molecule has 7 nitrogen and oxygen atoms in total. The Bertz CT molecular complexity index is 631. The van der Waals surface area contributed by atoms with E-state index in [1.165, 1.54) is 4.68 Å². The van der Waals surface area contributed by atoms with Crippen molar-refractivity contribution in [3.63, 3.8) is 0 Å². The summed E-state index contributed by atoms with van der Waals surface area (Å²) in [5.74, 6) is -1.09. The number of carboxylic acid groups (broad SMARTS) is 1. The molecule has 2 rings (SSSR count). The number of nitrogens with zero attached hydrogens (tertiary/aromatic N) is 5. The second-order valence-corrected chi connectivity index (χ2v) is 4.55. The minimum Gasteiger partial charge on any atom is -0.476 e. The van der Waals surface area contributed by atoms with E-state index in [0.717, 1.165) is 17.8 Å². The van der Waals surface area contributed by atoms with Crippen molar-refractivity contribution in [1.82, 2.24) is 24.8 Å². The largest absolute Gasteiger partial charge is 0.476 e. The van der Waals surface area contributed by atoms with Crippen LogP contribution in [-0.2, 0) is 20.0 Å². The van der Waals surface area contributed by atoms with Crippen molar-refractivity contribution in [3.8, 4) is 0 Å². The summed E-state index contributed by atoms with van der Waals surface area (Å²) in [5, 5.41) is 21.3. The molecule has 2 aromatic rings. The zero-order valence-electron chi connectivity index (χ0n) is 10.9. The average Bonchev–Trinajstić information content (AvgIpc) is 2.85. The first-order chi connectivity index (χ1) is 8.95. The molecule has 0 spiro atoms. The predicted octanol–water partition coefficient (Wildman–Crippen LogP) is 1.28. The van der Waals surface area contributed by atoms with Gasteiger partial charge in [-0.15, -0.1) is 5.10 Å². The number of halogens is 1. The van der Waals surface area contributed by atoms with E-state index < -0.39 is 5.97 Å². The summed E-state index contributed by atoms with van der Waals surface area (Å²) >= 11 is 6.24. The van der Waals surface area contributed by atoms with Gasteiger partial charge in [-0.1, -0.05) is 23.7 Å². The van der Waals surface area contributed by atoms with E-state index in [-0.39, 0.29) is 5.69 Å². The van der Waals surface area contributed by atoms with Crippen LogP contribution in [0.3, 0.4) is 0 Å². The summed E-state index contributed by atoms with van der Waals surface area (Å²) < 4.78 is 3.19. The normalized spacial score (nSPS) is 10.9. The molecule has 102 valence electrons. The zero-order valence-corrected chi connectivity index (χ0v) is 11.6. The standard InChI is InChI=1S/C11H14ClN5O2/c1-4-7-9(12)8(16(3)14-7)5-17-6(2)10(11(18)19)13-15-17/h4-5H2,1-3H3,(H,18,19). The number of aromatic carboxylic acids is 1. The van der Waals surface area contributed by atoms with Crippen LogP contribution in [-0.4, -0.2) is 35.9 Å². The number of rotatable bonds is 4. The maximum absolute atomic E-state index is 10.9. The number of carboxylic acids is 1. The Balaban J connectivity index is 2.37. The SMILES string of the molecule is CCc1nn(C)c(Cn2nnc(C(=O)O)c2C)c1Cl. The van der Waals surface area contributed by atoms with Crippen molar-refractivity contribution in [2.45, 2.75) is 26.8 Å². The van der Waals surface area contributed by atoms with Crippen LogP contribution < -0.4 is 0 Å². The third-order valence-corrected chi connectivity index (χ3v) is 3.42. The molecule has 2 aromatic heterocycles. The molecule has 2 heterocycles. The molecule has 8 heteroatoms. The van der Waals surface area contributed by atoms with E-state index >= 15 is 0 Å². The maximum atomic E-state index is 10.9. The minimum atomic E-state index is -1.09. The molecule has 0 aliphatic heterocycles. The second kappa shape index (κ2) is 5.00. The van der Waals surface area contributed by atoms with Crippen LogP contribution in [0.4, 0.5) is 0 Å². The Morgan fingerprint density at radius 3 is 2.63 bits per heavy atom. The van der Waals surface area contributed by atoms with Crippen molar-refractivity contribution in [2.75, 3.05) is 0 Å². The van der Waals surface area contributed by atoms with Gasteiger partial charge in [-0.3, -0.25) is 4.68 Å². The Morgan fingerprint density at radius 2 is 2.16 bits per heavy atom. The lowest BCUT2D eigenvalue weighted by Gasteiger charge is -2.04. The highest BCUT2D eigenvalue weighted by atomic mass is 35.5. The second-order valence-electron chi connectivity index (χ2n) is 4.17. The van der Waals surface area contributed by atoms with Crippen LogP contribution in [0, 0.1) is 6.92 Å². The summed E-state index contributed by atoms with van der Waals surface area (Å²) in [6.45, 7) is 3.98. The fourth-order valence-corrected chi connectivity index (χ4v) is 2.20. The molecule has 0 aliphatic rings. The Hall–Kier alpha value is -1.89. The predicted molar refractivity (Wildman–Crippen MR) is 68.4 cm³/mol. The lowest BCUT2D eigenvalue weighted by atomic mass is 10.3. The minimum absolute atomic E-state index is 0.0472. The fraction of sp³-hybridized carbons (Fsp3) is 0.455. The molecule has 0 radical (unpaired) electrons. The van der Waals surface area contributed by atoms with Gasteiger partial charge in [0.25, 0.3) is 0 Å². The molecule has 0 atom stereocenters. The van der Waals surface area contributed by atoms with Crippen molar-refractivity contribution in [2.24, 2.45) is 7.05 Å². The zero-order chi connectivity index (χ0) is 14.2. The van der Waals surface area contributed by atoms with Crippen LogP contribution >= 0.6 is 11.6 Å². The van der Waals surface area contributed by atoms with E-state index in [1.54, 1.807) is 18.7 Å². The summed E-state index contributed by atoms with van der Waals surface area (Å²) in [4.78, 5) is 10.9. The molecular formula is C11H14ClN5O2. The highest BCUT2D eigenvalue weighted by Crippen LogP contribution is 2.22. The van der Waals surface area contributed by atoms with Gasteiger partial charge in [0.15, 0.2) is 5.69 Å². The average molecular weight is 284 g/mol. The van der Waals surface area contributed by atoms with Crippen molar-refractivity contribution in [3.05, 3.63) is 27.8 Å². The molecule has 0 saturated heterocycles. The van der Waals surface area contributed by atoms with Crippen LogP contribution in [0.2, 0.25) is 5.02 Å². The van der Waals surface area contributed by atoms with Crippen LogP contribution in [0.5, 0.6) is 0 Å². The number of hydrogen-bond acceptors (Lipinski definition) is 4. The number of hydrogen-bond donors (Lipinski definition) is 1. The number of aromatic nitrogens is 5. The van der Waals surface area contributed by atoms with E-state index in [9.17, 15) is 4.79 Å². The van der Waals surface area contributed by atoms with Gasteiger partial charge in [0.1, 0.15) is 0 Å². The molecule has 1 N–H and O–H groups in total. The van der Waals surface area contributed by atoms with E-state index in [0.29, 0.717) is 17.3 Å². The van der Waals surface area contributed by atoms with E-state index in [2.05, 4.69) is 15.4 Å². The van der Waals surface area contributed by atoms with Crippen molar-refractivity contribution < 1.29 is 9.90 Å². The van der Waals surface area contributed by atoms with E-state index in [1.807, 2.05) is 6.92 Å². The molecule has 19 heavy (non-hydrogen) atoms. The first kappa shape index (κ1) is 13.5. The molecule has 0 amide bonds. The Morgan fingerprint density at radius 1 is 1.47 bits per heavy atom. The van der Waals surface area contributed by atoms with E-state index in [4.69, 9.17) is 16.7 Å². The third kappa shape index (κ3) is 2.33. The fourth-order valence-electron chi connectivity index (χ4n) is 1.84. The quantitative estimate of drug-likeness (QED) is 0.913. The smallest absolute Gasteiger partial charge is 0.358 e. The molecular weight excluding hydrogens is 270 g/mol. The molecule has 0 bridgehead atoms. The summed E-state index contributed by atoms with van der Waals surface area (Å²) in [7, 11) is 1.80. The Kier molecular flexibility index (Phi) is 3.57. The molecule has 0 aromatic carbocycles. The van der Waals surface area contributed by atoms with Gasteiger partial charge in [0, 0.05) is 7.05 Å². The van der Waals surface area contributed by atoms with Gasteiger partial charge >= 0.3 is 5.97 Å². The number of carbonyl (C=O) groups is 1. The summed E-state index contributed by atoms with van der Waals surface area (Å²) in [6, 6.07) is 0. The molecule has 0 aliphatic carbocycles. The lowest BCUT2D eigenvalue weighted by molar-refractivity contribution is 0.0689. The topological polar surface area (TPSA) is 85.8 Å². The van der Waals surface area contributed by atoms with Crippen molar-refractivity contribution >= 4 is 17.6 Å². The van der Waals surface area contributed by atoms with Crippen LogP contribution in [0.25, 0.3) is 0 Å². The van der Waals surface area contributed by atoms with Crippen LogP contribution in [0.1, 0.15) is 34.5 Å². The summed E-state index contributed by atoms with van der Waals surface area (Å²) in [6.07, 6.45) is 0.739. The van der Waals surface area contributed by atoms with Gasteiger partial charge in [-0.25, -0.2) is 9.48 Å². The lowest BCUT2D eigenvalue weighted by Crippen LogP contribution is -2.09. The highest BCUT2D eigenvalue weighted by Gasteiger charge is 2.18. The molecule has 0 saturated carbocycles. The van der Waals surface area contributed by atoms with Gasteiger partial charge in [0.2, 0.25) is 0 Å².